The van der Waals surface area contributed by atoms with Gasteiger partial charge in [-0.2, -0.15) is 0 Å². The minimum Gasteiger partial charge on any atom is -0.463 e. The molecule has 0 saturated carbocycles. The maximum Gasteiger partial charge on any atom is 0.278 e. The summed E-state index contributed by atoms with van der Waals surface area (Å²) in [5, 5.41) is 4.68. The quantitative estimate of drug-likeness (QED) is 0.524. The van der Waals surface area contributed by atoms with Gasteiger partial charge in [-0.15, -0.1) is 0 Å². The normalized spacial score (nSPS) is 11.7. The summed E-state index contributed by atoms with van der Waals surface area (Å²) in [4.78, 5) is 26.6. The van der Waals surface area contributed by atoms with Crippen molar-refractivity contribution in [3.05, 3.63) is 95.7 Å². The summed E-state index contributed by atoms with van der Waals surface area (Å²) in [5.74, 6) is 0.0496. The second-order valence-electron chi connectivity index (χ2n) is 7.15. The first-order chi connectivity index (χ1) is 15.1. The van der Waals surface area contributed by atoms with Crippen LogP contribution >= 0.6 is 0 Å². The van der Waals surface area contributed by atoms with Gasteiger partial charge in [-0.3, -0.25) is 9.59 Å². The molecule has 1 aromatic heterocycles. The molecule has 2 aromatic carbocycles. The van der Waals surface area contributed by atoms with Gasteiger partial charge in [-0.25, -0.2) is 4.39 Å². The van der Waals surface area contributed by atoms with Gasteiger partial charge in [0.2, 0.25) is 5.91 Å². The first-order valence-electron chi connectivity index (χ1n) is 10.3. The molecule has 0 radical (unpaired) electrons. The predicted octanol–water partition coefficient (Wildman–Crippen LogP) is 2.24. The van der Waals surface area contributed by atoms with E-state index in [2.05, 4.69) is 5.32 Å². The molecule has 0 aliphatic heterocycles. The first kappa shape index (κ1) is 22.2. The lowest BCUT2D eigenvalue weighted by Crippen LogP contribution is -2.87. The molecule has 1 heterocycles. The molecule has 3 rings (SSSR count). The Morgan fingerprint density at radius 1 is 1.06 bits per heavy atom. The SMILES string of the molecule is CCN(CC(=O)NCc1ccc(F)cc1)C(=O)C[NH2+][C@@H](c1ccccc1)c1ccco1. The fraction of sp³-hybridized carbons (Fsp3) is 0.250. The van der Waals surface area contributed by atoms with E-state index in [-0.39, 0.29) is 43.3 Å². The van der Waals surface area contributed by atoms with Gasteiger partial charge in [-0.05, 0) is 36.8 Å². The Morgan fingerprint density at radius 3 is 2.45 bits per heavy atom. The highest BCUT2D eigenvalue weighted by Crippen LogP contribution is 2.18. The van der Waals surface area contributed by atoms with Gasteiger partial charge >= 0.3 is 0 Å². The van der Waals surface area contributed by atoms with Crippen LogP contribution in [0.1, 0.15) is 29.9 Å². The Balaban J connectivity index is 1.54. The summed E-state index contributed by atoms with van der Waals surface area (Å²) >= 11 is 0. The van der Waals surface area contributed by atoms with Crippen LogP contribution in [0.3, 0.4) is 0 Å². The topological polar surface area (TPSA) is 79.2 Å². The van der Waals surface area contributed by atoms with Crippen LogP contribution in [0, 0.1) is 5.82 Å². The first-order valence-corrected chi connectivity index (χ1v) is 10.3. The number of benzene rings is 2. The third-order valence-corrected chi connectivity index (χ3v) is 5.01. The maximum atomic E-state index is 13.0. The Labute approximate surface area is 181 Å². The van der Waals surface area contributed by atoms with Crippen molar-refractivity contribution >= 4 is 11.8 Å². The Bertz CT molecular complexity index is 960. The number of furan rings is 1. The third kappa shape index (κ3) is 6.52. The smallest absolute Gasteiger partial charge is 0.278 e. The van der Waals surface area contributed by atoms with Crippen LogP contribution in [0.4, 0.5) is 4.39 Å². The number of hydrogen-bond donors (Lipinski definition) is 2. The second kappa shape index (κ2) is 11.1. The van der Waals surface area contributed by atoms with E-state index in [0.717, 1.165) is 16.9 Å². The van der Waals surface area contributed by atoms with Crippen molar-refractivity contribution in [1.82, 2.24) is 10.2 Å². The van der Waals surface area contributed by atoms with Crippen LogP contribution in [0.15, 0.2) is 77.4 Å². The highest BCUT2D eigenvalue weighted by Gasteiger charge is 2.24. The molecule has 3 aromatic rings. The van der Waals surface area contributed by atoms with E-state index in [9.17, 15) is 14.0 Å². The van der Waals surface area contributed by atoms with Crippen LogP contribution in [0.2, 0.25) is 0 Å². The molecule has 0 spiro atoms. The number of nitrogens with one attached hydrogen (secondary N) is 1. The van der Waals surface area contributed by atoms with Crippen molar-refractivity contribution in [3.8, 4) is 0 Å². The lowest BCUT2D eigenvalue weighted by molar-refractivity contribution is -0.679. The molecule has 0 aliphatic carbocycles. The molecule has 162 valence electrons. The van der Waals surface area contributed by atoms with Crippen LogP contribution in [0.5, 0.6) is 0 Å². The fourth-order valence-electron chi connectivity index (χ4n) is 3.30. The predicted molar refractivity (Wildman–Crippen MR) is 114 cm³/mol. The van der Waals surface area contributed by atoms with Gasteiger partial charge in [-0.1, -0.05) is 42.5 Å². The standard InChI is InChI=1S/C24H26FN3O3/c1-2-28(17-22(29)26-15-18-10-12-20(25)13-11-18)23(30)16-27-24(21-9-6-14-31-21)19-7-4-3-5-8-19/h3-14,24,27H,2,15-17H2,1H3,(H,26,29)/p+1/t24-/m0/s1. The number of likely N-dealkylation sites (N-methyl/N-ethyl adjacent to an activating group) is 1. The van der Waals surface area contributed by atoms with Gasteiger partial charge < -0.3 is 20.0 Å². The molecule has 3 N–H and O–H groups in total. The fourth-order valence-corrected chi connectivity index (χ4v) is 3.30. The molecule has 0 saturated heterocycles. The summed E-state index contributed by atoms with van der Waals surface area (Å²) < 4.78 is 18.6. The van der Waals surface area contributed by atoms with Crippen LogP contribution < -0.4 is 10.6 Å². The number of nitrogens with zero attached hydrogens (tertiary/aromatic N) is 1. The number of quaternary nitrogens is 1. The summed E-state index contributed by atoms with van der Waals surface area (Å²) in [7, 11) is 0. The van der Waals surface area contributed by atoms with Gasteiger partial charge in [0.25, 0.3) is 5.91 Å². The van der Waals surface area contributed by atoms with E-state index in [1.807, 2.05) is 54.7 Å². The van der Waals surface area contributed by atoms with Crippen molar-refractivity contribution < 1.29 is 23.7 Å². The minimum absolute atomic E-state index is 0.0267. The van der Waals surface area contributed by atoms with E-state index in [1.165, 1.54) is 17.0 Å². The maximum absolute atomic E-state index is 13.0. The highest BCUT2D eigenvalue weighted by molar-refractivity contribution is 5.85. The Hall–Kier alpha value is -3.45. The van der Waals surface area contributed by atoms with Gasteiger partial charge in [0, 0.05) is 18.7 Å². The van der Waals surface area contributed by atoms with Crippen molar-refractivity contribution in [3.63, 3.8) is 0 Å². The van der Waals surface area contributed by atoms with Crippen molar-refractivity contribution in [2.24, 2.45) is 0 Å². The van der Waals surface area contributed by atoms with Crippen molar-refractivity contribution in [2.45, 2.75) is 19.5 Å². The molecule has 6 nitrogen and oxygen atoms in total. The number of rotatable bonds is 10. The average Bonchev–Trinajstić information content (AvgIpc) is 3.32. The average molecular weight is 424 g/mol. The zero-order chi connectivity index (χ0) is 22.1. The van der Waals surface area contributed by atoms with Gasteiger partial charge in [0.05, 0.1) is 12.8 Å². The summed E-state index contributed by atoms with van der Waals surface area (Å²) in [6, 6.07) is 19.3. The zero-order valence-electron chi connectivity index (χ0n) is 17.5. The van der Waals surface area contributed by atoms with E-state index in [0.29, 0.717) is 6.54 Å². The van der Waals surface area contributed by atoms with Gasteiger partial charge in [0.15, 0.2) is 18.3 Å². The number of hydrogen-bond acceptors (Lipinski definition) is 3. The summed E-state index contributed by atoms with van der Waals surface area (Å²) in [6.45, 7) is 2.70. The molecule has 0 fully saturated rings. The number of carbonyl (C=O) groups excluding carboxylic acids is 2. The summed E-state index contributed by atoms with van der Waals surface area (Å²) in [6.07, 6.45) is 1.62. The number of nitrogens with two attached hydrogens (primary N) is 1. The lowest BCUT2D eigenvalue weighted by Gasteiger charge is -2.21. The monoisotopic (exact) mass is 424 g/mol. The molecule has 0 aliphatic rings. The van der Waals surface area contributed by atoms with E-state index in [1.54, 1.807) is 18.4 Å². The Kier molecular flexibility index (Phi) is 7.95. The number of amides is 2. The molecule has 0 unspecified atom stereocenters. The minimum atomic E-state index is -0.322. The molecule has 31 heavy (non-hydrogen) atoms. The number of carbonyl (C=O) groups is 2. The van der Waals surface area contributed by atoms with Crippen LogP contribution in [-0.2, 0) is 16.1 Å². The molecule has 7 heteroatoms. The van der Waals surface area contributed by atoms with Crippen molar-refractivity contribution in [1.29, 1.82) is 0 Å². The largest absolute Gasteiger partial charge is 0.463 e. The van der Waals surface area contributed by atoms with Crippen molar-refractivity contribution in [2.75, 3.05) is 19.6 Å². The van der Waals surface area contributed by atoms with Crippen LogP contribution in [0.25, 0.3) is 0 Å². The zero-order valence-corrected chi connectivity index (χ0v) is 17.5. The molecule has 1 atom stereocenters. The molecular formula is C24H27FN3O3+. The van der Waals surface area contributed by atoms with Gasteiger partial charge in [0.1, 0.15) is 5.82 Å². The summed E-state index contributed by atoms with van der Waals surface area (Å²) in [5.41, 5.74) is 1.83. The van der Waals surface area contributed by atoms with E-state index < -0.39 is 0 Å². The van der Waals surface area contributed by atoms with Crippen LogP contribution in [-0.4, -0.2) is 36.3 Å². The molecular weight excluding hydrogens is 397 g/mol. The van der Waals surface area contributed by atoms with E-state index in [4.69, 9.17) is 4.42 Å². The Morgan fingerprint density at radius 2 is 1.81 bits per heavy atom. The van der Waals surface area contributed by atoms with E-state index >= 15 is 0 Å². The number of halogens is 1. The molecule has 0 bridgehead atoms. The third-order valence-electron chi connectivity index (χ3n) is 5.01. The molecule has 2 amide bonds. The lowest BCUT2D eigenvalue weighted by atomic mass is 10.0. The highest BCUT2D eigenvalue weighted by atomic mass is 19.1. The second-order valence-corrected chi connectivity index (χ2v) is 7.15.